The van der Waals surface area contributed by atoms with E-state index in [1.165, 1.54) is 11.1 Å². The van der Waals surface area contributed by atoms with Crippen molar-refractivity contribution in [3.8, 4) is 0 Å². The Morgan fingerprint density at radius 1 is 1.37 bits per heavy atom. The fourth-order valence-corrected chi connectivity index (χ4v) is 2.06. The van der Waals surface area contributed by atoms with Crippen LogP contribution in [0.4, 0.5) is 0 Å². The van der Waals surface area contributed by atoms with Crippen molar-refractivity contribution in [3.05, 3.63) is 34.9 Å². The third kappa shape index (κ3) is 4.82. The normalized spacial score (nSPS) is 12.7. The first-order valence-electron chi connectivity index (χ1n) is 6.45. The second-order valence-electron chi connectivity index (χ2n) is 4.43. The van der Waals surface area contributed by atoms with Crippen LogP contribution < -0.4 is 10.6 Å². The second-order valence-corrected chi connectivity index (χ2v) is 4.43. The maximum absolute atomic E-state index is 11.5. The minimum Gasteiger partial charge on any atom is -0.381 e. The molecule has 0 atom stereocenters. The lowest BCUT2D eigenvalue weighted by molar-refractivity contribution is -0.122. The number of amides is 1. The molecule has 0 spiro atoms. The molecule has 5 heteroatoms. The van der Waals surface area contributed by atoms with Crippen molar-refractivity contribution < 1.29 is 9.53 Å². The predicted octanol–water partition coefficient (Wildman–Crippen LogP) is 1.75. The summed E-state index contributed by atoms with van der Waals surface area (Å²) in [6, 6.07) is 6.38. The van der Waals surface area contributed by atoms with Crippen molar-refractivity contribution >= 4 is 18.3 Å². The first kappa shape index (κ1) is 16.0. The standard InChI is InChI=1S/C14H20N2O2.ClH/c1-2-18-6-5-14(17)16-8-11-3-4-12-9-15-10-13(12)7-11;/h3-4,7,15H,2,5-6,8-10H2,1H3,(H,16,17);1H. The van der Waals surface area contributed by atoms with Crippen molar-refractivity contribution in [2.24, 2.45) is 0 Å². The second kappa shape index (κ2) is 8.15. The number of hydrogen-bond acceptors (Lipinski definition) is 3. The van der Waals surface area contributed by atoms with Crippen LogP contribution >= 0.6 is 12.4 Å². The van der Waals surface area contributed by atoms with Gasteiger partial charge in [-0.2, -0.15) is 0 Å². The highest BCUT2D eigenvalue weighted by atomic mass is 35.5. The largest absolute Gasteiger partial charge is 0.381 e. The maximum atomic E-state index is 11.5. The van der Waals surface area contributed by atoms with Crippen molar-refractivity contribution in [1.82, 2.24) is 10.6 Å². The molecule has 1 heterocycles. The third-order valence-electron chi connectivity index (χ3n) is 3.07. The number of rotatable bonds is 6. The van der Waals surface area contributed by atoms with Gasteiger partial charge in [0.1, 0.15) is 0 Å². The van der Waals surface area contributed by atoms with Gasteiger partial charge in [0.25, 0.3) is 0 Å². The van der Waals surface area contributed by atoms with Gasteiger partial charge in [0.15, 0.2) is 0 Å². The van der Waals surface area contributed by atoms with Gasteiger partial charge in [0.05, 0.1) is 6.61 Å². The monoisotopic (exact) mass is 284 g/mol. The van der Waals surface area contributed by atoms with Crippen LogP contribution in [0.25, 0.3) is 0 Å². The van der Waals surface area contributed by atoms with Gasteiger partial charge < -0.3 is 15.4 Å². The van der Waals surface area contributed by atoms with Crippen molar-refractivity contribution in [2.45, 2.75) is 33.0 Å². The van der Waals surface area contributed by atoms with E-state index in [0.717, 1.165) is 18.7 Å². The molecule has 1 amide bonds. The summed E-state index contributed by atoms with van der Waals surface area (Å²) >= 11 is 0. The zero-order valence-corrected chi connectivity index (χ0v) is 12.0. The highest BCUT2D eigenvalue weighted by Crippen LogP contribution is 2.16. The number of halogens is 1. The Hall–Kier alpha value is -1.10. The van der Waals surface area contributed by atoms with E-state index in [9.17, 15) is 4.79 Å². The predicted molar refractivity (Wildman–Crippen MR) is 77.2 cm³/mol. The smallest absolute Gasteiger partial charge is 0.222 e. The summed E-state index contributed by atoms with van der Waals surface area (Å²) in [7, 11) is 0. The maximum Gasteiger partial charge on any atom is 0.222 e. The molecule has 4 nitrogen and oxygen atoms in total. The quantitative estimate of drug-likeness (QED) is 0.783. The fraction of sp³-hybridized carbons (Fsp3) is 0.500. The van der Waals surface area contributed by atoms with Gasteiger partial charge in [-0.1, -0.05) is 18.2 Å². The number of nitrogens with one attached hydrogen (secondary N) is 2. The first-order chi connectivity index (χ1) is 8.79. The Labute approximate surface area is 120 Å². The first-order valence-corrected chi connectivity index (χ1v) is 6.45. The van der Waals surface area contributed by atoms with Gasteiger partial charge in [0.2, 0.25) is 5.91 Å². The number of fused-ring (bicyclic) bond motifs is 1. The summed E-state index contributed by atoms with van der Waals surface area (Å²) < 4.78 is 5.15. The van der Waals surface area contributed by atoms with Gasteiger partial charge >= 0.3 is 0 Å². The van der Waals surface area contributed by atoms with Gasteiger partial charge in [-0.15, -0.1) is 12.4 Å². The Balaban J connectivity index is 0.00000180. The molecule has 0 bridgehead atoms. The van der Waals surface area contributed by atoms with E-state index in [1.807, 2.05) is 6.92 Å². The van der Waals surface area contributed by atoms with Crippen molar-refractivity contribution in [3.63, 3.8) is 0 Å². The molecule has 1 aliphatic rings. The zero-order valence-electron chi connectivity index (χ0n) is 11.2. The fourth-order valence-electron chi connectivity index (χ4n) is 2.06. The minimum absolute atomic E-state index is 0. The number of hydrogen-bond donors (Lipinski definition) is 2. The number of benzene rings is 1. The molecule has 0 unspecified atom stereocenters. The van der Waals surface area contributed by atoms with Gasteiger partial charge in [-0.25, -0.2) is 0 Å². The number of carbonyl (C=O) groups excluding carboxylic acids is 1. The lowest BCUT2D eigenvalue weighted by Crippen LogP contribution is -2.24. The van der Waals surface area contributed by atoms with Crippen LogP contribution in [-0.4, -0.2) is 19.1 Å². The van der Waals surface area contributed by atoms with Crippen LogP contribution in [0.5, 0.6) is 0 Å². The Morgan fingerprint density at radius 2 is 2.16 bits per heavy atom. The van der Waals surface area contributed by atoms with E-state index >= 15 is 0 Å². The highest BCUT2D eigenvalue weighted by molar-refractivity contribution is 5.85. The van der Waals surface area contributed by atoms with Crippen LogP contribution in [0.1, 0.15) is 30.0 Å². The molecule has 106 valence electrons. The molecular formula is C14H21ClN2O2. The van der Waals surface area contributed by atoms with E-state index in [4.69, 9.17) is 4.74 Å². The summed E-state index contributed by atoms with van der Waals surface area (Å²) in [5.41, 5.74) is 3.86. The van der Waals surface area contributed by atoms with Crippen molar-refractivity contribution in [1.29, 1.82) is 0 Å². The molecule has 0 radical (unpaired) electrons. The summed E-state index contributed by atoms with van der Waals surface area (Å²) in [6.07, 6.45) is 0.431. The molecular weight excluding hydrogens is 264 g/mol. The van der Waals surface area contributed by atoms with Crippen LogP contribution in [-0.2, 0) is 29.2 Å². The summed E-state index contributed by atoms with van der Waals surface area (Å²) in [5, 5.41) is 6.22. The molecule has 0 fully saturated rings. The Bertz CT molecular complexity index is 424. The van der Waals surface area contributed by atoms with Gasteiger partial charge in [-0.05, 0) is 23.6 Å². The summed E-state index contributed by atoms with van der Waals surface area (Å²) in [4.78, 5) is 11.5. The topological polar surface area (TPSA) is 50.4 Å². The van der Waals surface area contributed by atoms with Crippen molar-refractivity contribution in [2.75, 3.05) is 13.2 Å². The van der Waals surface area contributed by atoms with E-state index < -0.39 is 0 Å². The lowest BCUT2D eigenvalue weighted by atomic mass is 10.1. The molecule has 19 heavy (non-hydrogen) atoms. The van der Waals surface area contributed by atoms with E-state index in [2.05, 4.69) is 28.8 Å². The van der Waals surface area contributed by atoms with E-state index in [1.54, 1.807) is 0 Å². The molecule has 2 N–H and O–H groups in total. The molecule has 1 aromatic carbocycles. The van der Waals surface area contributed by atoms with Crippen LogP contribution in [0.2, 0.25) is 0 Å². The molecule has 0 saturated heterocycles. The minimum atomic E-state index is 0. The summed E-state index contributed by atoms with van der Waals surface area (Å²) in [6.45, 7) is 5.56. The summed E-state index contributed by atoms with van der Waals surface area (Å²) in [5.74, 6) is 0.0436. The average Bonchev–Trinajstić information content (AvgIpc) is 2.84. The third-order valence-corrected chi connectivity index (χ3v) is 3.07. The van der Waals surface area contributed by atoms with Gasteiger partial charge in [0, 0.05) is 32.7 Å². The number of carbonyl (C=O) groups is 1. The molecule has 1 aromatic rings. The Morgan fingerprint density at radius 3 is 2.95 bits per heavy atom. The van der Waals surface area contributed by atoms with E-state index in [0.29, 0.717) is 26.2 Å². The van der Waals surface area contributed by atoms with Crippen LogP contribution in [0, 0.1) is 0 Å². The molecule has 0 aliphatic carbocycles. The lowest BCUT2D eigenvalue weighted by Gasteiger charge is -2.07. The van der Waals surface area contributed by atoms with Gasteiger partial charge in [-0.3, -0.25) is 4.79 Å². The van der Waals surface area contributed by atoms with Crippen LogP contribution in [0.3, 0.4) is 0 Å². The average molecular weight is 285 g/mol. The molecule has 1 aliphatic heterocycles. The molecule has 0 aromatic heterocycles. The Kier molecular flexibility index (Phi) is 6.84. The van der Waals surface area contributed by atoms with E-state index in [-0.39, 0.29) is 18.3 Å². The SMILES string of the molecule is CCOCCC(=O)NCc1ccc2c(c1)CNC2.Cl. The zero-order chi connectivity index (χ0) is 12.8. The highest BCUT2D eigenvalue weighted by Gasteiger charge is 2.10. The number of ether oxygens (including phenoxy) is 1. The van der Waals surface area contributed by atoms with Crippen LogP contribution in [0.15, 0.2) is 18.2 Å². The molecule has 0 saturated carbocycles. The molecule has 2 rings (SSSR count).